The van der Waals surface area contributed by atoms with Crippen LogP contribution in [-0.4, -0.2) is 42.5 Å². The molecule has 2 aliphatic carbocycles. The van der Waals surface area contributed by atoms with E-state index in [-0.39, 0.29) is 0 Å². The minimum atomic E-state index is -6.47. The Bertz CT molecular complexity index is 672. The number of rotatable bonds is 3. The van der Waals surface area contributed by atoms with Gasteiger partial charge in [0.2, 0.25) is 0 Å². The van der Waals surface area contributed by atoms with Crippen molar-refractivity contribution in [3.05, 3.63) is 0 Å². The van der Waals surface area contributed by atoms with Crippen LogP contribution in [0.25, 0.3) is 0 Å². The summed E-state index contributed by atoms with van der Waals surface area (Å²) in [5, 5.41) is 0. The molecule has 2 saturated carbocycles. The number of hydrogen-bond donors (Lipinski definition) is 0. The zero-order chi connectivity index (χ0) is 28.1. The predicted octanol–water partition coefficient (Wildman–Crippen LogP) is 9.10. The Kier molecular flexibility index (Phi) is 8.39. The third kappa shape index (κ3) is 5.69. The highest BCUT2D eigenvalue weighted by Gasteiger charge is 2.84. The highest BCUT2D eigenvalue weighted by molar-refractivity contribution is 5.10. The van der Waals surface area contributed by atoms with Crippen molar-refractivity contribution in [2.24, 2.45) is 17.3 Å². The second kappa shape index (κ2) is 9.24. The Morgan fingerprint density at radius 1 is 0.457 bits per heavy atom. The van der Waals surface area contributed by atoms with Crippen molar-refractivity contribution in [1.82, 2.24) is 0 Å². The predicted molar refractivity (Wildman–Crippen MR) is 80.8 cm³/mol. The van der Waals surface area contributed by atoms with E-state index < -0.39 is 105 Å². The lowest BCUT2D eigenvalue weighted by Crippen LogP contribution is -2.63. The largest absolute Gasteiger partial charge is 0.454 e. The quantitative estimate of drug-likeness (QED) is 0.301. The molecule has 2 unspecified atom stereocenters. The van der Waals surface area contributed by atoms with E-state index in [2.05, 4.69) is 0 Å². The third-order valence-electron chi connectivity index (χ3n) is 6.16. The molecule has 2 aliphatic rings. The lowest BCUT2D eigenvalue weighted by Gasteiger charge is -2.43. The molecule has 0 N–H and O–H groups in total. The molecule has 0 heterocycles. The van der Waals surface area contributed by atoms with Gasteiger partial charge in [0.1, 0.15) is 5.41 Å². The van der Waals surface area contributed by atoms with Crippen LogP contribution in [0, 0.1) is 17.3 Å². The Labute approximate surface area is 185 Å². The maximum atomic E-state index is 13.2. The van der Waals surface area contributed by atoms with E-state index in [0.29, 0.717) is 0 Å². The van der Waals surface area contributed by atoms with E-state index in [0.717, 1.165) is 0 Å². The van der Waals surface area contributed by atoms with Crippen LogP contribution in [0.4, 0.5) is 79.0 Å². The van der Waals surface area contributed by atoms with Gasteiger partial charge in [-0.15, -0.1) is 0 Å². The summed E-state index contributed by atoms with van der Waals surface area (Å²) in [6.07, 6.45) is -30.1. The standard InChI is InChI=1S/C9H8F10.C8H8F8/c10-6(11,8(14,15)16)5(3-1-2-4-5)7(12,13)9(17,18)19;9-6(10,8(14,15)16)4-1-2-5(3-4)7(11,12)13/h1-4H2;4-5H,1-3H2. The van der Waals surface area contributed by atoms with Crippen molar-refractivity contribution in [2.45, 2.75) is 87.4 Å². The lowest BCUT2D eigenvalue weighted by atomic mass is 9.72. The summed E-state index contributed by atoms with van der Waals surface area (Å²) in [4.78, 5) is 0. The highest BCUT2D eigenvalue weighted by Crippen LogP contribution is 2.66. The van der Waals surface area contributed by atoms with Crippen LogP contribution in [0.15, 0.2) is 0 Å². The van der Waals surface area contributed by atoms with E-state index in [1.165, 1.54) is 0 Å². The first-order chi connectivity index (χ1) is 15.2. The van der Waals surface area contributed by atoms with Gasteiger partial charge in [-0.2, -0.15) is 79.0 Å². The Morgan fingerprint density at radius 2 is 0.800 bits per heavy atom. The topological polar surface area (TPSA) is 0 Å². The first-order valence-corrected chi connectivity index (χ1v) is 9.57. The summed E-state index contributed by atoms with van der Waals surface area (Å²) < 4.78 is 223. The molecule has 0 spiro atoms. The Morgan fingerprint density at radius 3 is 1.06 bits per heavy atom. The first kappa shape index (κ1) is 31.8. The molecular weight excluding hydrogens is 546 g/mol. The molecule has 0 amide bonds. The maximum Gasteiger partial charge on any atom is 0.454 e. The number of hydrogen-bond acceptors (Lipinski definition) is 0. The normalized spacial score (nSPS) is 24.9. The molecule has 0 aliphatic heterocycles. The zero-order valence-corrected chi connectivity index (χ0v) is 16.9. The number of alkyl halides is 18. The van der Waals surface area contributed by atoms with Crippen molar-refractivity contribution >= 4 is 0 Å². The van der Waals surface area contributed by atoms with Crippen LogP contribution in [-0.2, 0) is 0 Å². The molecule has 0 nitrogen and oxygen atoms in total. The molecule has 2 atom stereocenters. The molecule has 2 rings (SSSR count). The van der Waals surface area contributed by atoms with E-state index in [9.17, 15) is 79.0 Å². The number of halogens is 18. The summed E-state index contributed by atoms with van der Waals surface area (Å²) in [6.45, 7) is 0. The summed E-state index contributed by atoms with van der Waals surface area (Å²) in [7, 11) is 0. The molecule has 0 saturated heterocycles. The zero-order valence-electron chi connectivity index (χ0n) is 16.9. The van der Waals surface area contributed by atoms with E-state index in [4.69, 9.17) is 0 Å². The van der Waals surface area contributed by atoms with Gasteiger partial charge < -0.3 is 0 Å². The lowest BCUT2D eigenvalue weighted by molar-refractivity contribution is -0.407. The van der Waals surface area contributed by atoms with Crippen molar-refractivity contribution in [1.29, 1.82) is 0 Å². The molecular formula is C17H16F18. The van der Waals surface area contributed by atoms with Crippen LogP contribution in [0.1, 0.15) is 44.9 Å². The van der Waals surface area contributed by atoms with Gasteiger partial charge in [0.15, 0.2) is 0 Å². The SMILES string of the molecule is FC(F)(F)C(F)(F)C1(C(F)(F)C(F)(F)F)CCCC1.FC(F)(F)C1CCC(C(F)(F)C(F)(F)F)C1. The van der Waals surface area contributed by atoms with Crippen molar-refractivity contribution in [2.75, 3.05) is 0 Å². The molecule has 210 valence electrons. The van der Waals surface area contributed by atoms with Crippen molar-refractivity contribution in [3.8, 4) is 0 Å². The van der Waals surface area contributed by atoms with Gasteiger partial charge in [-0.05, 0) is 32.1 Å². The van der Waals surface area contributed by atoms with Crippen LogP contribution >= 0.6 is 0 Å². The smallest absolute Gasteiger partial charge is 0.196 e. The molecule has 0 aromatic rings. The van der Waals surface area contributed by atoms with Gasteiger partial charge in [0, 0.05) is 5.92 Å². The van der Waals surface area contributed by atoms with Gasteiger partial charge in [0.25, 0.3) is 0 Å². The third-order valence-corrected chi connectivity index (χ3v) is 6.16. The fraction of sp³-hybridized carbons (Fsp3) is 1.00. The second-order valence-electron chi connectivity index (χ2n) is 8.30. The minimum absolute atomic E-state index is 0.544. The average molecular weight is 562 g/mol. The van der Waals surface area contributed by atoms with E-state index in [1.54, 1.807) is 0 Å². The fourth-order valence-electron chi connectivity index (χ4n) is 4.19. The summed E-state index contributed by atoms with van der Waals surface area (Å²) in [5.74, 6) is -21.6. The molecule has 2 fully saturated rings. The van der Waals surface area contributed by atoms with Gasteiger partial charge in [-0.25, -0.2) is 0 Å². The van der Waals surface area contributed by atoms with Gasteiger partial charge in [-0.3, -0.25) is 0 Å². The monoisotopic (exact) mass is 562 g/mol. The first-order valence-electron chi connectivity index (χ1n) is 9.57. The van der Waals surface area contributed by atoms with Gasteiger partial charge in [0.05, 0.1) is 5.92 Å². The van der Waals surface area contributed by atoms with Gasteiger partial charge in [-0.1, -0.05) is 12.8 Å². The summed E-state index contributed by atoms with van der Waals surface area (Å²) in [6, 6.07) is 0. The fourth-order valence-corrected chi connectivity index (χ4v) is 4.19. The molecule has 18 heteroatoms. The van der Waals surface area contributed by atoms with Crippen LogP contribution in [0.3, 0.4) is 0 Å². The van der Waals surface area contributed by atoms with Crippen LogP contribution in [0.5, 0.6) is 0 Å². The Hall–Kier alpha value is -1.26. The van der Waals surface area contributed by atoms with Crippen LogP contribution < -0.4 is 0 Å². The van der Waals surface area contributed by atoms with E-state index in [1.807, 2.05) is 0 Å². The Balaban J connectivity index is 0.000000355. The van der Waals surface area contributed by atoms with Gasteiger partial charge >= 0.3 is 42.5 Å². The van der Waals surface area contributed by atoms with Crippen molar-refractivity contribution < 1.29 is 79.0 Å². The molecule has 0 aromatic heterocycles. The molecule has 0 bridgehead atoms. The summed E-state index contributed by atoms with van der Waals surface area (Å²) in [5.41, 5.74) is -4.46. The van der Waals surface area contributed by atoms with Crippen molar-refractivity contribution in [3.63, 3.8) is 0 Å². The van der Waals surface area contributed by atoms with E-state index >= 15 is 0 Å². The molecule has 0 radical (unpaired) electrons. The van der Waals surface area contributed by atoms with Crippen LogP contribution in [0.2, 0.25) is 0 Å². The minimum Gasteiger partial charge on any atom is -0.196 e. The summed E-state index contributed by atoms with van der Waals surface area (Å²) >= 11 is 0. The molecule has 35 heavy (non-hydrogen) atoms. The second-order valence-corrected chi connectivity index (χ2v) is 8.30. The highest BCUT2D eigenvalue weighted by atomic mass is 19.4. The average Bonchev–Trinajstić information content (AvgIpc) is 3.30. The molecule has 0 aromatic carbocycles. The maximum absolute atomic E-state index is 13.2.